The maximum absolute atomic E-state index is 13.0. The summed E-state index contributed by atoms with van der Waals surface area (Å²) in [5, 5.41) is 9.44. The van der Waals surface area contributed by atoms with E-state index >= 15 is 0 Å². The van der Waals surface area contributed by atoms with Gasteiger partial charge in [0.15, 0.2) is 0 Å². The van der Waals surface area contributed by atoms with Crippen LogP contribution in [0.2, 0.25) is 0 Å². The van der Waals surface area contributed by atoms with Crippen molar-refractivity contribution in [2.24, 2.45) is 0 Å². The standard InChI is InChI=1S/C22H17FO3/c23-19-10-8-18(9-11-19)21(22(24)25)14-16-6-12-20(13-7-16)26-15-17-4-2-1-3-5-17/h1-14H,15H2,(H,24,25)/b21-14-. The number of rotatable bonds is 6. The van der Waals surface area contributed by atoms with Crippen molar-refractivity contribution in [1.82, 2.24) is 0 Å². The molecule has 3 aromatic rings. The molecule has 0 spiro atoms. The van der Waals surface area contributed by atoms with Crippen molar-refractivity contribution in [2.45, 2.75) is 6.61 Å². The van der Waals surface area contributed by atoms with E-state index in [1.165, 1.54) is 24.3 Å². The quantitative estimate of drug-likeness (QED) is 0.502. The maximum atomic E-state index is 13.0. The van der Waals surface area contributed by atoms with Crippen LogP contribution in [0.3, 0.4) is 0 Å². The predicted octanol–water partition coefficient (Wildman–Crippen LogP) is 5.03. The second-order valence-corrected chi connectivity index (χ2v) is 5.71. The van der Waals surface area contributed by atoms with Crippen molar-refractivity contribution in [3.05, 3.63) is 101 Å². The smallest absolute Gasteiger partial charge is 0.336 e. The molecule has 0 bridgehead atoms. The number of carboxylic acids is 1. The summed E-state index contributed by atoms with van der Waals surface area (Å²) in [5.41, 5.74) is 2.34. The summed E-state index contributed by atoms with van der Waals surface area (Å²) in [6.45, 7) is 0.464. The van der Waals surface area contributed by atoms with Crippen molar-refractivity contribution >= 4 is 17.6 Å². The van der Waals surface area contributed by atoms with E-state index in [4.69, 9.17) is 4.74 Å². The first-order valence-corrected chi connectivity index (χ1v) is 8.09. The van der Waals surface area contributed by atoms with Crippen LogP contribution in [0.4, 0.5) is 4.39 Å². The van der Waals surface area contributed by atoms with Gasteiger partial charge in [-0.15, -0.1) is 0 Å². The van der Waals surface area contributed by atoms with Crippen molar-refractivity contribution in [1.29, 1.82) is 0 Å². The van der Waals surface area contributed by atoms with Crippen LogP contribution >= 0.6 is 0 Å². The van der Waals surface area contributed by atoms with Crippen LogP contribution in [0, 0.1) is 5.82 Å². The number of carboxylic acid groups (broad SMARTS) is 1. The summed E-state index contributed by atoms with van der Waals surface area (Å²) in [6.07, 6.45) is 1.55. The highest BCUT2D eigenvalue weighted by atomic mass is 19.1. The van der Waals surface area contributed by atoms with Gasteiger partial charge < -0.3 is 9.84 Å². The molecule has 3 rings (SSSR count). The molecular weight excluding hydrogens is 331 g/mol. The molecule has 0 radical (unpaired) electrons. The minimum Gasteiger partial charge on any atom is -0.489 e. The second kappa shape index (κ2) is 8.12. The average Bonchev–Trinajstić information content (AvgIpc) is 2.67. The maximum Gasteiger partial charge on any atom is 0.336 e. The van der Waals surface area contributed by atoms with Gasteiger partial charge in [-0.1, -0.05) is 54.6 Å². The second-order valence-electron chi connectivity index (χ2n) is 5.71. The topological polar surface area (TPSA) is 46.5 Å². The van der Waals surface area contributed by atoms with Crippen LogP contribution in [0.1, 0.15) is 16.7 Å². The first kappa shape index (κ1) is 17.4. The summed E-state index contributed by atoms with van der Waals surface area (Å²) in [7, 11) is 0. The van der Waals surface area contributed by atoms with Crippen LogP contribution in [0.5, 0.6) is 5.75 Å². The lowest BCUT2D eigenvalue weighted by Crippen LogP contribution is -1.99. The molecule has 0 heterocycles. The minimum atomic E-state index is -1.07. The molecule has 0 amide bonds. The highest BCUT2D eigenvalue weighted by Gasteiger charge is 2.10. The van der Waals surface area contributed by atoms with E-state index < -0.39 is 11.8 Å². The van der Waals surface area contributed by atoms with Crippen LogP contribution in [-0.4, -0.2) is 11.1 Å². The first-order valence-electron chi connectivity index (χ1n) is 8.09. The molecule has 26 heavy (non-hydrogen) atoms. The van der Waals surface area contributed by atoms with E-state index in [0.29, 0.717) is 17.9 Å². The third kappa shape index (κ3) is 4.57. The Morgan fingerprint density at radius 2 is 1.58 bits per heavy atom. The zero-order chi connectivity index (χ0) is 18.4. The molecule has 4 heteroatoms. The summed E-state index contributed by atoms with van der Waals surface area (Å²) in [4.78, 5) is 11.5. The molecule has 0 aliphatic carbocycles. The van der Waals surface area contributed by atoms with Gasteiger partial charge in [0.2, 0.25) is 0 Å². The number of ether oxygens (including phenoxy) is 1. The van der Waals surface area contributed by atoms with Crippen molar-refractivity contribution in [2.75, 3.05) is 0 Å². The lowest BCUT2D eigenvalue weighted by Gasteiger charge is -2.07. The van der Waals surface area contributed by atoms with Crippen LogP contribution in [0.25, 0.3) is 11.6 Å². The number of hydrogen-bond acceptors (Lipinski definition) is 2. The molecular formula is C22H17FO3. The Balaban J connectivity index is 1.74. The molecule has 0 atom stereocenters. The Morgan fingerprint density at radius 1 is 0.923 bits per heavy atom. The fraction of sp³-hybridized carbons (Fsp3) is 0.0455. The largest absolute Gasteiger partial charge is 0.489 e. The number of halogens is 1. The van der Waals surface area contributed by atoms with E-state index in [9.17, 15) is 14.3 Å². The van der Waals surface area contributed by atoms with Gasteiger partial charge in [0.25, 0.3) is 0 Å². The number of carbonyl (C=O) groups is 1. The first-order chi connectivity index (χ1) is 12.6. The van der Waals surface area contributed by atoms with E-state index in [2.05, 4.69) is 0 Å². The van der Waals surface area contributed by atoms with Gasteiger partial charge >= 0.3 is 5.97 Å². The molecule has 0 aliphatic rings. The zero-order valence-electron chi connectivity index (χ0n) is 13.9. The van der Waals surface area contributed by atoms with Gasteiger partial charge in [-0.2, -0.15) is 0 Å². The van der Waals surface area contributed by atoms with Gasteiger partial charge in [0.05, 0.1) is 5.57 Å². The van der Waals surface area contributed by atoms with Gasteiger partial charge in [0, 0.05) is 0 Å². The SMILES string of the molecule is O=C(O)/C(=C\c1ccc(OCc2ccccc2)cc1)c1ccc(F)cc1. The molecule has 1 N–H and O–H groups in total. The fourth-order valence-electron chi connectivity index (χ4n) is 2.47. The summed E-state index contributed by atoms with van der Waals surface area (Å²) in [5.74, 6) is -0.774. The zero-order valence-corrected chi connectivity index (χ0v) is 13.9. The van der Waals surface area contributed by atoms with Gasteiger partial charge in [-0.3, -0.25) is 0 Å². The third-order valence-electron chi connectivity index (χ3n) is 3.83. The summed E-state index contributed by atoms with van der Waals surface area (Å²) in [6, 6.07) is 22.4. The van der Waals surface area contributed by atoms with E-state index in [1.807, 2.05) is 30.3 Å². The van der Waals surface area contributed by atoms with Gasteiger partial charge in [-0.25, -0.2) is 9.18 Å². The van der Waals surface area contributed by atoms with E-state index in [-0.39, 0.29) is 5.57 Å². The van der Waals surface area contributed by atoms with Gasteiger partial charge in [0.1, 0.15) is 18.2 Å². The predicted molar refractivity (Wildman–Crippen MR) is 99.1 cm³/mol. The van der Waals surface area contributed by atoms with Crippen LogP contribution in [-0.2, 0) is 11.4 Å². The highest BCUT2D eigenvalue weighted by molar-refractivity contribution is 6.20. The van der Waals surface area contributed by atoms with Crippen molar-refractivity contribution in [3.8, 4) is 5.75 Å². The number of hydrogen-bond donors (Lipinski definition) is 1. The molecule has 3 nitrogen and oxygen atoms in total. The Morgan fingerprint density at radius 3 is 2.19 bits per heavy atom. The Bertz CT molecular complexity index is 898. The fourth-order valence-corrected chi connectivity index (χ4v) is 2.47. The lowest BCUT2D eigenvalue weighted by molar-refractivity contribution is -0.130. The highest BCUT2D eigenvalue weighted by Crippen LogP contribution is 2.21. The molecule has 0 aliphatic heterocycles. The Hall–Kier alpha value is -3.40. The van der Waals surface area contributed by atoms with E-state index in [1.54, 1.807) is 30.3 Å². The monoisotopic (exact) mass is 348 g/mol. The molecule has 0 saturated heterocycles. The summed E-state index contributed by atoms with van der Waals surface area (Å²) >= 11 is 0. The molecule has 0 unspecified atom stereocenters. The minimum absolute atomic E-state index is 0.1000. The number of benzene rings is 3. The van der Waals surface area contributed by atoms with Crippen LogP contribution < -0.4 is 4.74 Å². The van der Waals surface area contributed by atoms with Crippen molar-refractivity contribution < 1.29 is 19.0 Å². The number of aliphatic carboxylic acids is 1. The van der Waals surface area contributed by atoms with E-state index in [0.717, 1.165) is 11.1 Å². The van der Waals surface area contributed by atoms with Crippen LogP contribution in [0.15, 0.2) is 78.9 Å². The molecule has 0 saturated carbocycles. The molecule has 0 aromatic heterocycles. The average molecular weight is 348 g/mol. The summed E-state index contributed by atoms with van der Waals surface area (Å²) < 4.78 is 18.8. The Kier molecular flexibility index (Phi) is 5.44. The lowest BCUT2D eigenvalue weighted by atomic mass is 10.0. The third-order valence-corrected chi connectivity index (χ3v) is 3.83. The van der Waals surface area contributed by atoms with Crippen molar-refractivity contribution in [3.63, 3.8) is 0 Å². The normalized spacial score (nSPS) is 11.2. The Labute approximate surface area is 151 Å². The molecule has 130 valence electrons. The van der Waals surface area contributed by atoms with Gasteiger partial charge in [-0.05, 0) is 47.0 Å². The molecule has 0 fully saturated rings. The molecule has 3 aromatic carbocycles.